The maximum Gasteiger partial charge on any atom is 0.254 e. The van der Waals surface area contributed by atoms with Gasteiger partial charge in [-0.15, -0.1) is 12.4 Å². The predicted molar refractivity (Wildman–Crippen MR) is 113 cm³/mol. The molecule has 1 aliphatic heterocycles. The summed E-state index contributed by atoms with van der Waals surface area (Å²) in [6.45, 7) is 4.89. The molecule has 6 heteroatoms. The van der Waals surface area contributed by atoms with E-state index >= 15 is 0 Å². The molecule has 0 atom stereocenters. The predicted octanol–water partition coefficient (Wildman–Crippen LogP) is 3.97. The van der Waals surface area contributed by atoms with Gasteiger partial charge in [0, 0.05) is 19.1 Å². The molecule has 4 nitrogen and oxygen atoms in total. The fraction of sp³-hybridized carbons (Fsp3) is 0.409. The second-order valence-corrected chi connectivity index (χ2v) is 7.43. The van der Waals surface area contributed by atoms with Crippen LogP contribution in [-0.2, 0) is 4.74 Å². The maximum atomic E-state index is 14.6. The summed E-state index contributed by atoms with van der Waals surface area (Å²) in [5.41, 5.74) is 2.83. The number of rotatable bonds is 6. The molecule has 1 amide bonds. The average molecular weight is 407 g/mol. The van der Waals surface area contributed by atoms with Crippen LogP contribution in [0.3, 0.4) is 0 Å². The highest BCUT2D eigenvalue weighted by Crippen LogP contribution is 2.28. The molecule has 1 heterocycles. The van der Waals surface area contributed by atoms with Crippen LogP contribution in [0.4, 0.5) is 4.39 Å². The van der Waals surface area contributed by atoms with Gasteiger partial charge in [0.05, 0.1) is 12.2 Å². The van der Waals surface area contributed by atoms with E-state index in [0.717, 1.165) is 42.6 Å². The zero-order chi connectivity index (χ0) is 19.3. The maximum absolute atomic E-state index is 14.6. The van der Waals surface area contributed by atoms with Gasteiger partial charge in [-0.2, -0.15) is 0 Å². The Morgan fingerprint density at radius 3 is 2.39 bits per heavy atom. The third-order valence-electron chi connectivity index (χ3n) is 5.34. The third kappa shape index (κ3) is 5.31. The molecule has 28 heavy (non-hydrogen) atoms. The smallest absolute Gasteiger partial charge is 0.254 e. The van der Waals surface area contributed by atoms with E-state index in [9.17, 15) is 9.18 Å². The highest BCUT2D eigenvalue weighted by Gasteiger charge is 2.32. The van der Waals surface area contributed by atoms with Gasteiger partial charge in [0.2, 0.25) is 0 Å². The van der Waals surface area contributed by atoms with Crippen LogP contribution in [0.25, 0.3) is 11.1 Å². The highest BCUT2D eigenvalue weighted by atomic mass is 35.5. The van der Waals surface area contributed by atoms with Gasteiger partial charge in [-0.3, -0.25) is 4.79 Å². The van der Waals surface area contributed by atoms with Crippen molar-refractivity contribution in [2.45, 2.75) is 19.8 Å². The number of piperidine rings is 1. The van der Waals surface area contributed by atoms with Crippen LogP contribution in [0, 0.1) is 18.2 Å². The molecule has 2 aromatic rings. The number of benzene rings is 2. The summed E-state index contributed by atoms with van der Waals surface area (Å²) in [5, 5.41) is 6.24. The van der Waals surface area contributed by atoms with Crippen LogP contribution in [0.2, 0.25) is 0 Å². The standard InChI is InChI=1S/C22H27FN2O2.ClH/c1-16-3-5-17(6-4-16)18-7-8-19(20(23)13-18)21(26)25-14-22(15-27-2)9-11-24-12-10-22;/h3-8,13,24H,9-12,14-15H2,1-2H3,(H,25,26);1H. The molecule has 2 aromatic carbocycles. The summed E-state index contributed by atoms with van der Waals surface area (Å²) in [6, 6.07) is 12.7. The Labute approximate surface area is 172 Å². The number of hydrogen-bond donors (Lipinski definition) is 2. The van der Waals surface area contributed by atoms with E-state index in [1.165, 1.54) is 6.07 Å². The Morgan fingerprint density at radius 1 is 1.14 bits per heavy atom. The first-order valence-electron chi connectivity index (χ1n) is 9.37. The quantitative estimate of drug-likeness (QED) is 0.763. The molecule has 0 unspecified atom stereocenters. The van der Waals surface area contributed by atoms with E-state index in [-0.39, 0.29) is 29.3 Å². The molecule has 0 radical (unpaired) electrons. The molecule has 152 valence electrons. The molecule has 0 saturated carbocycles. The van der Waals surface area contributed by atoms with Gasteiger partial charge in [0.1, 0.15) is 5.82 Å². The van der Waals surface area contributed by atoms with Crippen molar-refractivity contribution in [2.24, 2.45) is 5.41 Å². The number of hydrogen-bond acceptors (Lipinski definition) is 3. The van der Waals surface area contributed by atoms with E-state index in [0.29, 0.717) is 13.2 Å². The zero-order valence-corrected chi connectivity index (χ0v) is 17.2. The minimum atomic E-state index is -0.503. The lowest BCUT2D eigenvalue weighted by Gasteiger charge is -2.37. The minimum absolute atomic E-state index is 0. The Balaban J connectivity index is 0.00000280. The molecule has 0 aliphatic carbocycles. The first-order chi connectivity index (χ1) is 13.0. The number of halogens is 2. The Bertz CT molecular complexity index is 784. The zero-order valence-electron chi connectivity index (χ0n) is 16.4. The van der Waals surface area contributed by atoms with Crippen molar-refractivity contribution in [1.82, 2.24) is 10.6 Å². The Hall–Kier alpha value is -1.95. The first-order valence-corrected chi connectivity index (χ1v) is 9.37. The Kier molecular flexibility index (Phi) is 7.98. The second kappa shape index (κ2) is 10.0. The van der Waals surface area contributed by atoms with Crippen molar-refractivity contribution in [3.8, 4) is 11.1 Å². The SMILES string of the molecule is COCC1(CNC(=O)c2ccc(-c3ccc(C)cc3)cc2F)CCNCC1.Cl. The van der Waals surface area contributed by atoms with Crippen molar-refractivity contribution < 1.29 is 13.9 Å². The summed E-state index contributed by atoms with van der Waals surface area (Å²) < 4.78 is 19.9. The molecule has 0 spiro atoms. The molecule has 1 fully saturated rings. The number of nitrogens with one attached hydrogen (secondary N) is 2. The number of aryl methyl sites for hydroxylation is 1. The third-order valence-corrected chi connectivity index (χ3v) is 5.34. The normalized spacial score (nSPS) is 15.5. The summed E-state index contributed by atoms with van der Waals surface area (Å²) in [5.74, 6) is -0.881. The van der Waals surface area contributed by atoms with Crippen molar-refractivity contribution in [3.05, 3.63) is 59.4 Å². The monoisotopic (exact) mass is 406 g/mol. The topological polar surface area (TPSA) is 50.4 Å². The number of amides is 1. The highest BCUT2D eigenvalue weighted by molar-refractivity contribution is 5.95. The van der Waals surface area contributed by atoms with E-state index in [4.69, 9.17) is 4.74 Å². The van der Waals surface area contributed by atoms with Crippen molar-refractivity contribution in [1.29, 1.82) is 0 Å². The van der Waals surface area contributed by atoms with Crippen LogP contribution in [-0.4, -0.2) is 39.3 Å². The van der Waals surface area contributed by atoms with Crippen molar-refractivity contribution in [2.75, 3.05) is 33.4 Å². The summed E-state index contributed by atoms with van der Waals surface area (Å²) in [6.07, 6.45) is 1.85. The van der Waals surface area contributed by atoms with Gasteiger partial charge in [0.15, 0.2) is 0 Å². The lowest BCUT2D eigenvalue weighted by molar-refractivity contribution is 0.0511. The molecule has 0 aromatic heterocycles. The van der Waals surface area contributed by atoms with Crippen LogP contribution >= 0.6 is 12.4 Å². The van der Waals surface area contributed by atoms with Gasteiger partial charge in [-0.1, -0.05) is 35.9 Å². The van der Waals surface area contributed by atoms with Crippen LogP contribution < -0.4 is 10.6 Å². The van der Waals surface area contributed by atoms with Gasteiger partial charge in [0.25, 0.3) is 5.91 Å². The van der Waals surface area contributed by atoms with E-state index in [1.807, 2.05) is 31.2 Å². The molecule has 1 saturated heterocycles. The van der Waals surface area contributed by atoms with Crippen molar-refractivity contribution >= 4 is 18.3 Å². The van der Waals surface area contributed by atoms with Crippen molar-refractivity contribution in [3.63, 3.8) is 0 Å². The van der Waals surface area contributed by atoms with Gasteiger partial charge >= 0.3 is 0 Å². The average Bonchev–Trinajstić information content (AvgIpc) is 2.68. The Morgan fingerprint density at radius 2 is 1.79 bits per heavy atom. The number of methoxy groups -OCH3 is 1. The van der Waals surface area contributed by atoms with Crippen LogP contribution in [0.5, 0.6) is 0 Å². The first kappa shape index (κ1) is 22.3. The molecule has 2 N–H and O–H groups in total. The fourth-order valence-electron chi connectivity index (χ4n) is 3.62. The van der Waals surface area contributed by atoms with E-state index in [1.54, 1.807) is 19.2 Å². The largest absolute Gasteiger partial charge is 0.384 e. The summed E-state index contributed by atoms with van der Waals surface area (Å²) >= 11 is 0. The van der Waals surface area contributed by atoms with E-state index in [2.05, 4.69) is 10.6 Å². The lowest BCUT2D eigenvalue weighted by atomic mass is 9.79. The number of carbonyl (C=O) groups excluding carboxylic acids is 1. The van der Waals surface area contributed by atoms with Gasteiger partial charge in [-0.05, 0) is 56.1 Å². The summed E-state index contributed by atoms with van der Waals surface area (Å²) in [7, 11) is 1.68. The molecule has 1 aliphatic rings. The fourth-order valence-corrected chi connectivity index (χ4v) is 3.62. The van der Waals surface area contributed by atoms with E-state index < -0.39 is 5.82 Å². The summed E-state index contributed by atoms with van der Waals surface area (Å²) in [4.78, 5) is 12.5. The lowest BCUT2D eigenvalue weighted by Crippen LogP contribution is -2.47. The van der Waals surface area contributed by atoms with Gasteiger partial charge < -0.3 is 15.4 Å². The van der Waals surface area contributed by atoms with Crippen LogP contribution in [0.15, 0.2) is 42.5 Å². The van der Waals surface area contributed by atoms with Crippen LogP contribution in [0.1, 0.15) is 28.8 Å². The second-order valence-electron chi connectivity index (χ2n) is 7.43. The molecular formula is C22H28ClFN2O2. The minimum Gasteiger partial charge on any atom is -0.384 e. The molecular weight excluding hydrogens is 379 g/mol. The number of ether oxygens (including phenoxy) is 1. The van der Waals surface area contributed by atoms with Gasteiger partial charge in [-0.25, -0.2) is 4.39 Å². The molecule has 0 bridgehead atoms. The molecule has 3 rings (SSSR count). The number of carbonyl (C=O) groups is 1.